The second kappa shape index (κ2) is 17.8. The van der Waals surface area contributed by atoms with Crippen LogP contribution in [-0.4, -0.2) is 20.1 Å². The number of benzene rings is 9. The van der Waals surface area contributed by atoms with Gasteiger partial charge in [0.2, 0.25) is 0 Å². The van der Waals surface area contributed by atoms with Crippen LogP contribution in [0, 0.1) is 41.5 Å². The molecule has 426 valence electrons. The van der Waals surface area contributed by atoms with Gasteiger partial charge in [-0.15, -0.1) is 22.7 Å². The third-order valence-electron chi connectivity index (χ3n) is 19.6. The Labute approximate surface area is 520 Å². The van der Waals surface area contributed by atoms with Crippen molar-refractivity contribution >= 4 is 145 Å². The molecule has 6 aliphatic rings. The monoisotopic (exact) mass is 1170 g/mol. The maximum absolute atomic E-state index is 7.79. The molecule has 0 amide bonds. The van der Waals surface area contributed by atoms with E-state index in [0.717, 1.165) is 95.9 Å². The van der Waals surface area contributed by atoms with E-state index in [1.165, 1.54) is 102 Å². The molecule has 6 aliphatic heterocycles. The lowest BCUT2D eigenvalue weighted by Gasteiger charge is -2.45. The van der Waals surface area contributed by atoms with Crippen LogP contribution in [0.25, 0.3) is 20.2 Å². The molecule has 0 N–H and O–H groups in total. The number of rotatable bonds is 2. The van der Waals surface area contributed by atoms with Crippen LogP contribution < -0.4 is 76.5 Å². The zero-order valence-corrected chi connectivity index (χ0v) is 53.9. The Bertz CT molecular complexity index is 4910. The molecule has 17 rings (SSSR count). The summed E-state index contributed by atoms with van der Waals surface area (Å²) in [6, 6.07) is 51.0. The van der Waals surface area contributed by atoms with E-state index in [-0.39, 0.29) is 36.4 Å². The molecule has 9 aromatic carbocycles. The fourth-order valence-electron chi connectivity index (χ4n) is 15.6. The Morgan fingerprint density at radius 3 is 1.15 bits per heavy atom. The van der Waals surface area contributed by atoms with Crippen molar-refractivity contribution in [2.45, 2.75) is 120 Å². The molecule has 0 fully saturated rings. The molecule has 0 radical (unpaired) electrons. The topological polar surface area (TPSA) is 43.4 Å². The lowest BCUT2D eigenvalue weighted by molar-refractivity contribution is 0.461. The normalized spacial score (nSPS) is 14.6. The molecule has 0 saturated heterocycles. The first-order valence-corrected chi connectivity index (χ1v) is 32.5. The number of hydrogen-bond donors (Lipinski definition) is 0. The quantitative estimate of drug-likeness (QED) is 0.161. The molecular formula is C76H67B3N2O4S2. The van der Waals surface area contributed by atoms with Gasteiger partial charge in [0.1, 0.15) is 46.0 Å². The molecule has 2 aromatic heterocycles. The van der Waals surface area contributed by atoms with Gasteiger partial charge in [-0.1, -0.05) is 134 Å². The van der Waals surface area contributed by atoms with Crippen molar-refractivity contribution in [2.75, 3.05) is 9.80 Å². The van der Waals surface area contributed by atoms with E-state index in [0.29, 0.717) is 0 Å². The van der Waals surface area contributed by atoms with Gasteiger partial charge in [0.15, 0.2) is 0 Å². The van der Waals surface area contributed by atoms with E-state index >= 15 is 0 Å². The summed E-state index contributed by atoms with van der Waals surface area (Å²) in [5.41, 5.74) is 25.5. The predicted molar refractivity (Wildman–Crippen MR) is 371 cm³/mol. The van der Waals surface area contributed by atoms with Gasteiger partial charge < -0.3 is 28.7 Å². The highest BCUT2D eigenvalue weighted by Crippen LogP contribution is 2.52. The van der Waals surface area contributed by atoms with E-state index in [2.05, 4.69) is 247 Å². The standard InChI is InChI=1S/C76H67B3N2O4S2/c1-38-24-40(3)68(41(4)25-38)80-53-36-58-52(79-67-61(83-58)32-46(76(13,14)15)33-62(67)85-71-48-21-17-19-23-64(48)87-73(71)79)34-49(53)77-51-35-50-54(37-57(51)82-59-30-44(74(7,8)9)28-55(80)65(59)77)81(69-42(5)26-39(2)27-43(69)6)56-29-45(75(10,11)12)31-60-66(56)78(50)72-70(84-60)47-20-16-18-22-63(47)86-72/h16-37H,1-15H3. The van der Waals surface area contributed by atoms with Crippen molar-refractivity contribution in [3.63, 3.8) is 0 Å². The Balaban J connectivity index is 0.991. The van der Waals surface area contributed by atoms with Crippen molar-refractivity contribution in [1.29, 1.82) is 0 Å². The zero-order chi connectivity index (χ0) is 60.0. The Hall–Kier alpha value is -8.11. The van der Waals surface area contributed by atoms with Crippen molar-refractivity contribution in [1.82, 2.24) is 0 Å². The van der Waals surface area contributed by atoms with Crippen molar-refractivity contribution in [3.05, 3.63) is 184 Å². The molecule has 0 spiro atoms. The van der Waals surface area contributed by atoms with Gasteiger partial charge in [0.05, 0.1) is 11.4 Å². The molecular weight excluding hydrogens is 1100 g/mol. The molecule has 0 saturated carbocycles. The second-order valence-electron chi connectivity index (χ2n) is 28.8. The minimum absolute atomic E-state index is 0.132. The van der Waals surface area contributed by atoms with Crippen LogP contribution in [0.1, 0.15) is 112 Å². The SMILES string of the molecule is Cc1cc(C)c(N2c3cc4c(cc3B3c5cc6c(cc5Oc5cc(C(C)(C)C)cc2c53)N(c2c(C)cc(C)cc2C)c2cc(C(C)(C)C)cc3c2B6c2sc5ccccc5c2O3)B2c3sc5ccccc5c3Oc3cc(C(C)(C)C)cc(c32)O4)c(C)c1. The van der Waals surface area contributed by atoms with E-state index < -0.39 is 0 Å². The van der Waals surface area contributed by atoms with E-state index in [9.17, 15) is 0 Å². The first-order valence-electron chi connectivity index (χ1n) is 30.9. The smallest absolute Gasteiger partial charge is 0.273 e. The largest absolute Gasteiger partial charge is 0.458 e. The predicted octanol–water partition coefficient (Wildman–Crippen LogP) is 15.4. The van der Waals surface area contributed by atoms with Gasteiger partial charge in [-0.05, 0) is 190 Å². The van der Waals surface area contributed by atoms with Gasteiger partial charge in [-0.3, -0.25) is 0 Å². The molecule has 0 atom stereocenters. The minimum Gasteiger partial charge on any atom is -0.458 e. The first kappa shape index (κ1) is 53.2. The fourth-order valence-corrected chi connectivity index (χ4v) is 18.2. The molecule has 0 unspecified atom stereocenters. The highest BCUT2D eigenvalue weighted by atomic mass is 32.1. The van der Waals surface area contributed by atoms with Crippen LogP contribution >= 0.6 is 22.7 Å². The highest BCUT2D eigenvalue weighted by molar-refractivity contribution is 7.34. The van der Waals surface area contributed by atoms with E-state index in [1.54, 1.807) is 0 Å². The van der Waals surface area contributed by atoms with Crippen LogP contribution in [0.5, 0.6) is 46.0 Å². The summed E-state index contributed by atoms with van der Waals surface area (Å²) in [6.45, 7) is 33.8. The maximum Gasteiger partial charge on any atom is 0.273 e. The Morgan fingerprint density at radius 2 is 0.701 bits per heavy atom. The number of thiophene rings is 2. The minimum atomic E-state index is -0.242. The molecule has 0 aliphatic carbocycles. The van der Waals surface area contributed by atoms with Crippen molar-refractivity contribution < 1.29 is 18.9 Å². The molecule has 8 heterocycles. The van der Waals surface area contributed by atoms with Crippen LogP contribution in [0.3, 0.4) is 0 Å². The summed E-state index contributed by atoms with van der Waals surface area (Å²) in [7, 11) is 0. The number of aryl methyl sites for hydroxylation is 6. The Kier molecular flexibility index (Phi) is 10.9. The summed E-state index contributed by atoms with van der Waals surface area (Å²) >= 11 is 3.72. The lowest BCUT2D eigenvalue weighted by atomic mass is 9.30. The molecule has 0 bridgehead atoms. The summed E-state index contributed by atoms with van der Waals surface area (Å²) < 4.78 is 34.7. The Morgan fingerprint density at radius 1 is 0.345 bits per heavy atom. The molecule has 87 heavy (non-hydrogen) atoms. The van der Waals surface area contributed by atoms with Crippen LogP contribution in [0.4, 0.5) is 34.1 Å². The third-order valence-corrected chi connectivity index (χ3v) is 22.0. The van der Waals surface area contributed by atoms with E-state index in [1.807, 2.05) is 22.7 Å². The van der Waals surface area contributed by atoms with Gasteiger partial charge in [0.25, 0.3) is 20.1 Å². The summed E-state index contributed by atoms with van der Waals surface area (Å²) in [4.78, 5) is 5.15. The maximum atomic E-state index is 7.79. The fraction of sp³-hybridized carbons (Fsp3) is 0.237. The van der Waals surface area contributed by atoms with Crippen molar-refractivity contribution in [3.8, 4) is 46.0 Å². The average molecular weight is 1170 g/mol. The van der Waals surface area contributed by atoms with Crippen LogP contribution in [-0.2, 0) is 16.2 Å². The van der Waals surface area contributed by atoms with Crippen molar-refractivity contribution in [2.24, 2.45) is 0 Å². The summed E-state index contributed by atoms with van der Waals surface area (Å²) in [5.74, 6) is 7.19. The molecule has 6 nitrogen and oxygen atoms in total. The number of nitrogens with zero attached hydrogens (tertiary/aromatic N) is 2. The number of hydrogen-bond acceptors (Lipinski definition) is 8. The zero-order valence-electron chi connectivity index (χ0n) is 52.3. The highest BCUT2D eigenvalue weighted by Gasteiger charge is 2.51. The number of anilines is 6. The summed E-state index contributed by atoms with van der Waals surface area (Å²) in [5, 5.41) is 2.29. The van der Waals surface area contributed by atoms with Crippen LogP contribution in [0.15, 0.2) is 133 Å². The first-order chi connectivity index (χ1) is 41.5. The second-order valence-corrected chi connectivity index (χ2v) is 31.0. The average Bonchev–Trinajstić information content (AvgIpc) is 1.46. The van der Waals surface area contributed by atoms with Gasteiger partial charge in [-0.25, -0.2) is 0 Å². The third kappa shape index (κ3) is 7.54. The van der Waals surface area contributed by atoms with Gasteiger partial charge in [0, 0.05) is 70.1 Å². The van der Waals surface area contributed by atoms with E-state index in [4.69, 9.17) is 18.9 Å². The molecule has 11 heteroatoms. The van der Waals surface area contributed by atoms with Crippen LogP contribution in [0.2, 0.25) is 0 Å². The lowest BCUT2D eigenvalue weighted by Crippen LogP contribution is -2.64. The van der Waals surface area contributed by atoms with Gasteiger partial charge >= 0.3 is 0 Å². The number of fused-ring (bicyclic) bond motifs is 16. The van der Waals surface area contributed by atoms with Gasteiger partial charge in [-0.2, -0.15) is 0 Å². The molecule has 11 aromatic rings. The summed E-state index contributed by atoms with van der Waals surface area (Å²) in [6.07, 6.45) is 0. The number of ether oxygens (including phenoxy) is 4.